The molecular weight excluding hydrogens is 398 g/mol. The normalized spacial score (nSPS) is 11.3. The molecule has 0 aliphatic carbocycles. The molecule has 4 aromatic rings. The van der Waals surface area contributed by atoms with E-state index in [1.165, 1.54) is 30.8 Å². The van der Waals surface area contributed by atoms with Crippen molar-refractivity contribution in [1.82, 2.24) is 14.5 Å². The van der Waals surface area contributed by atoms with Crippen LogP contribution in [0, 0.1) is 5.41 Å². The Balaban J connectivity index is 1.86. The number of nitrogens with one attached hydrogen (secondary N) is 1. The van der Waals surface area contributed by atoms with Crippen LogP contribution >= 0.6 is 11.3 Å². The number of amidine groups is 1. The van der Waals surface area contributed by atoms with Gasteiger partial charge >= 0.3 is 5.97 Å². The number of esters is 1. The van der Waals surface area contributed by atoms with Crippen molar-refractivity contribution in [3.05, 3.63) is 94.6 Å². The minimum absolute atomic E-state index is 0.0180. The lowest BCUT2D eigenvalue weighted by Gasteiger charge is -2.10. The molecule has 0 saturated carbocycles. The molecule has 0 unspecified atom stereocenters. The summed E-state index contributed by atoms with van der Waals surface area (Å²) in [6, 6.07) is 17.0. The summed E-state index contributed by atoms with van der Waals surface area (Å²) in [6.07, 6.45) is 4.59. The smallest absolute Gasteiger partial charge is 0.337 e. The molecule has 2 aromatic heterocycles. The van der Waals surface area contributed by atoms with Crippen LogP contribution in [-0.4, -0.2) is 33.4 Å². The van der Waals surface area contributed by atoms with Crippen LogP contribution in [0.5, 0.6) is 0 Å². The van der Waals surface area contributed by atoms with E-state index in [4.69, 9.17) is 10.1 Å². The summed E-state index contributed by atoms with van der Waals surface area (Å²) in [6.45, 7) is 0. The molecule has 0 saturated heterocycles. The van der Waals surface area contributed by atoms with Crippen molar-refractivity contribution < 1.29 is 9.53 Å². The first-order chi connectivity index (χ1) is 14.7. The Bertz CT molecular complexity index is 1250. The van der Waals surface area contributed by atoms with Gasteiger partial charge in [0.25, 0.3) is 0 Å². The van der Waals surface area contributed by atoms with Gasteiger partial charge < -0.3 is 4.74 Å². The van der Waals surface area contributed by atoms with Crippen molar-refractivity contribution in [1.29, 1.82) is 5.41 Å². The first kappa shape index (κ1) is 19.4. The first-order valence-electron chi connectivity index (χ1n) is 9.02. The molecule has 2 aromatic carbocycles. The van der Waals surface area contributed by atoms with E-state index >= 15 is 0 Å². The molecule has 0 atom stereocenters. The summed E-state index contributed by atoms with van der Waals surface area (Å²) in [5.41, 5.74) is 3.60. The second-order valence-electron chi connectivity index (χ2n) is 6.19. The lowest BCUT2D eigenvalue weighted by atomic mass is 10.1. The second kappa shape index (κ2) is 8.62. The predicted octanol–water partition coefficient (Wildman–Crippen LogP) is 3.71. The van der Waals surface area contributed by atoms with E-state index in [1.807, 2.05) is 52.4 Å². The minimum Gasteiger partial charge on any atom is -0.465 e. The lowest BCUT2D eigenvalue weighted by molar-refractivity contribution is 0.0600. The van der Waals surface area contributed by atoms with Gasteiger partial charge in [0.05, 0.1) is 24.6 Å². The van der Waals surface area contributed by atoms with Crippen molar-refractivity contribution in [2.24, 2.45) is 4.99 Å². The molecule has 0 bridgehead atoms. The highest BCUT2D eigenvalue weighted by Crippen LogP contribution is 2.23. The summed E-state index contributed by atoms with van der Waals surface area (Å²) in [5.74, 6) is -0.376. The third-order valence-electron chi connectivity index (χ3n) is 4.34. The van der Waals surface area contributed by atoms with Crippen molar-refractivity contribution in [3.8, 4) is 16.9 Å². The molecule has 30 heavy (non-hydrogen) atoms. The largest absolute Gasteiger partial charge is 0.465 e. The molecular formula is C22H17N5O2S. The number of rotatable bonds is 4. The van der Waals surface area contributed by atoms with Crippen LogP contribution in [0.15, 0.2) is 83.6 Å². The molecule has 0 aliphatic rings. The zero-order valence-electron chi connectivity index (χ0n) is 16.0. The van der Waals surface area contributed by atoms with Gasteiger partial charge in [-0.2, -0.15) is 4.99 Å². The molecule has 1 N–H and O–H groups in total. The maximum atomic E-state index is 11.8. The summed E-state index contributed by atoms with van der Waals surface area (Å²) < 4.78 is 6.73. The van der Waals surface area contributed by atoms with Crippen molar-refractivity contribution in [2.45, 2.75) is 0 Å². The van der Waals surface area contributed by atoms with E-state index in [0.717, 1.165) is 16.9 Å². The fourth-order valence-electron chi connectivity index (χ4n) is 2.89. The molecule has 2 heterocycles. The van der Waals surface area contributed by atoms with Crippen LogP contribution in [0.1, 0.15) is 16.1 Å². The molecule has 4 rings (SSSR count). The van der Waals surface area contributed by atoms with Gasteiger partial charge in [-0.1, -0.05) is 30.3 Å². The Morgan fingerprint density at radius 3 is 2.53 bits per heavy atom. The van der Waals surface area contributed by atoms with Crippen LogP contribution in [0.2, 0.25) is 0 Å². The number of hydrogen-bond donors (Lipinski definition) is 1. The number of carbonyl (C=O) groups is 1. The second-order valence-corrected chi connectivity index (χ2v) is 7.03. The van der Waals surface area contributed by atoms with Crippen LogP contribution in [0.4, 0.5) is 0 Å². The average Bonchev–Trinajstić information content (AvgIpc) is 3.23. The number of carbonyl (C=O) groups excluding carboxylic acids is 1. The monoisotopic (exact) mass is 415 g/mol. The van der Waals surface area contributed by atoms with Gasteiger partial charge in [0, 0.05) is 23.5 Å². The SMILES string of the molecule is COC(=O)c1ccc(-n2c(-c3ccccc3)csc2=NC(=N)c2cnccn2)cc1. The van der Waals surface area contributed by atoms with Gasteiger partial charge in [0.15, 0.2) is 10.6 Å². The van der Waals surface area contributed by atoms with Crippen LogP contribution in [-0.2, 0) is 4.74 Å². The molecule has 0 radical (unpaired) electrons. The maximum absolute atomic E-state index is 11.8. The predicted molar refractivity (Wildman–Crippen MR) is 115 cm³/mol. The van der Waals surface area contributed by atoms with E-state index < -0.39 is 5.97 Å². The zero-order chi connectivity index (χ0) is 20.9. The van der Waals surface area contributed by atoms with Crippen LogP contribution in [0.25, 0.3) is 16.9 Å². The Morgan fingerprint density at radius 2 is 1.87 bits per heavy atom. The highest BCUT2D eigenvalue weighted by atomic mass is 32.1. The first-order valence-corrected chi connectivity index (χ1v) is 9.89. The molecule has 0 amide bonds. The minimum atomic E-state index is -0.394. The number of ether oxygens (including phenoxy) is 1. The van der Waals surface area contributed by atoms with Gasteiger partial charge in [0.1, 0.15) is 5.69 Å². The quantitative estimate of drug-likeness (QED) is 0.312. The van der Waals surface area contributed by atoms with E-state index in [2.05, 4.69) is 15.0 Å². The lowest BCUT2D eigenvalue weighted by Crippen LogP contribution is -2.17. The van der Waals surface area contributed by atoms with E-state index in [0.29, 0.717) is 16.1 Å². The maximum Gasteiger partial charge on any atom is 0.337 e. The Morgan fingerprint density at radius 1 is 1.10 bits per heavy atom. The van der Waals surface area contributed by atoms with Crippen LogP contribution < -0.4 is 4.80 Å². The number of aromatic nitrogens is 3. The third-order valence-corrected chi connectivity index (χ3v) is 5.16. The fourth-order valence-corrected chi connectivity index (χ4v) is 3.80. The van der Waals surface area contributed by atoms with Crippen molar-refractivity contribution in [2.75, 3.05) is 7.11 Å². The van der Waals surface area contributed by atoms with Gasteiger partial charge in [0.2, 0.25) is 0 Å². The molecule has 0 fully saturated rings. The summed E-state index contributed by atoms with van der Waals surface area (Å²) >= 11 is 1.42. The number of benzene rings is 2. The molecule has 148 valence electrons. The molecule has 0 aliphatic heterocycles. The van der Waals surface area contributed by atoms with E-state index in [9.17, 15) is 4.79 Å². The topological polar surface area (TPSA) is 93.2 Å². The summed E-state index contributed by atoms with van der Waals surface area (Å²) in [7, 11) is 1.35. The van der Waals surface area contributed by atoms with Gasteiger partial charge in [-0.25, -0.2) is 9.78 Å². The Labute approximate surface area is 176 Å². The summed E-state index contributed by atoms with van der Waals surface area (Å²) in [4.78, 5) is 25.0. The van der Waals surface area contributed by atoms with E-state index in [-0.39, 0.29) is 5.84 Å². The highest BCUT2D eigenvalue weighted by molar-refractivity contribution is 7.07. The summed E-state index contributed by atoms with van der Waals surface area (Å²) in [5, 5.41) is 10.3. The third kappa shape index (κ3) is 3.94. The number of nitrogens with zero attached hydrogens (tertiary/aromatic N) is 4. The Hall–Kier alpha value is -3.91. The van der Waals surface area contributed by atoms with Crippen molar-refractivity contribution >= 4 is 23.1 Å². The molecule has 0 spiro atoms. The molecule has 8 heteroatoms. The standard InChI is InChI=1S/C22H17N5O2S/c1-29-21(28)16-7-9-17(10-8-16)27-19(15-5-3-2-4-6-15)14-30-22(27)26-20(23)18-13-24-11-12-25-18/h2-14,23H,1H3. The number of methoxy groups -OCH3 is 1. The van der Waals surface area contributed by atoms with Gasteiger partial charge in [-0.15, -0.1) is 11.3 Å². The Kier molecular flexibility index (Phi) is 5.58. The van der Waals surface area contributed by atoms with Crippen molar-refractivity contribution in [3.63, 3.8) is 0 Å². The number of hydrogen-bond acceptors (Lipinski definition) is 6. The zero-order valence-corrected chi connectivity index (χ0v) is 16.8. The molecule has 7 nitrogen and oxygen atoms in total. The van der Waals surface area contributed by atoms with Gasteiger partial charge in [-0.05, 0) is 29.8 Å². The fraction of sp³-hybridized carbons (Fsp3) is 0.0455. The highest BCUT2D eigenvalue weighted by Gasteiger charge is 2.12. The number of thiazole rings is 1. The van der Waals surface area contributed by atoms with Gasteiger partial charge in [-0.3, -0.25) is 15.0 Å². The van der Waals surface area contributed by atoms with Crippen LogP contribution in [0.3, 0.4) is 0 Å². The average molecular weight is 415 g/mol. The van der Waals surface area contributed by atoms with E-state index in [1.54, 1.807) is 18.3 Å².